The first-order valence-corrected chi connectivity index (χ1v) is 9.63. The Labute approximate surface area is 161 Å². The van der Waals surface area contributed by atoms with E-state index in [0.29, 0.717) is 22.8 Å². The molecular formula is C21H19N3O2S. The minimum absolute atomic E-state index is 0.518. The molecule has 4 rings (SSSR count). The fourth-order valence-electron chi connectivity index (χ4n) is 2.88. The lowest BCUT2D eigenvalue weighted by Crippen LogP contribution is -1.86. The lowest BCUT2D eigenvalue weighted by molar-refractivity contribution is 0.465. The van der Waals surface area contributed by atoms with Gasteiger partial charge < -0.3 is 8.83 Å². The maximum atomic E-state index is 5.78. The van der Waals surface area contributed by atoms with Crippen LogP contribution < -0.4 is 0 Å². The number of oxazole rings is 1. The van der Waals surface area contributed by atoms with Crippen LogP contribution in [0.25, 0.3) is 22.9 Å². The highest BCUT2D eigenvalue weighted by Gasteiger charge is 2.13. The molecule has 2 aromatic heterocycles. The number of thioether (sulfide) groups is 1. The second kappa shape index (κ2) is 7.40. The van der Waals surface area contributed by atoms with Crippen LogP contribution in [-0.4, -0.2) is 15.2 Å². The second-order valence-corrected chi connectivity index (χ2v) is 7.37. The number of hydrogen-bond acceptors (Lipinski definition) is 6. The standard InChI is InChI=1S/C21H19N3O2S/c1-13-8-9-18(15(3)10-13)19-22-16(11-25-19)12-27-21-24-23-20(26-21)17-7-5-4-6-14(17)2/h4-11H,12H2,1-3H3. The van der Waals surface area contributed by atoms with Gasteiger partial charge in [0.05, 0.1) is 5.69 Å². The third kappa shape index (κ3) is 3.80. The zero-order chi connectivity index (χ0) is 18.8. The van der Waals surface area contributed by atoms with Crippen LogP contribution in [0.2, 0.25) is 0 Å². The van der Waals surface area contributed by atoms with E-state index in [-0.39, 0.29) is 0 Å². The summed E-state index contributed by atoms with van der Waals surface area (Å²) in [5.74, 6) is 1.77. The van der Waals surface area contributed by atoms with Crippen molar-refractivity contribution in [3.05, 3.63) is 71.1 Å². The van der Waals surface area contributed by atoms with Gasteiger partial charge in [-0.15, -0.1) is 10.2 Å². The van der Waals surface area contributed by atoms with E-state index >= 15 is 0 Å². The molecule has 2 aromatic carbocycles. The van der Waals surface area contributed by atoms with E-state index in [1.165, 1.54) is 17.3 Å². The minimum atomic E-state index is 0.518. The summed E-state index contributed by atoms with van der Waals surface area (Å²) >= 11 is 1.45. The zero-order valence-electron chi connectivity index (χ0n) is 15.4. The molecule has 0 N–H and O–H groups in total. The van der Waals surface area contributed by atoms with Crippen molar-refractivity contribution in [2.75, 3.05) is 0 Å². The zero-order valence-corrected chi connectivity index (χ0v) is 16.2. The van der Waals surface area contributed by atoms with E-state index in [1.807, 2.05) is 37.3 Å². The van der Waals surface area contributed by atoms with E-state index in [1.54, 1.807) is 6.26 Å². The number of aryl methyl sites for hydroxylation is 3. The van der Waals surface area contributed by atoms with Crippen molar-refractivity contribution in [1.29, 1.82) is 0 Å². The highest BCUT2D eigenvalue weighted by Crippen LogP contribution is 2.29. The first-order valence-electron chi connectivity index (χ1n) is 8.64. The Kier molecular flexibility index (Phi) is 4.81. The van der Waals surface area contributed by atoms with Crippen LogP contribution in [0.4, 0.5) is 0 Å². The van der Waals surface area contributed by atoms with Crippen LogP contribution in [0.3, 0.4) is 0 Å². The first-order chi connectivity index (χ1) is 13.1. The molecule has 6 heteroatoms. The van der Waals surface area contributed by atoms with Crippen LogP contribution in [0.15, 0.2) is 62.8 Å². The Morgan fingerprint density at radius 1 is 0.889 bits per heavy atom. The molecule has 27 heavy (non-hydrogen) atoms. The SMILES string of the molecule is Cc1ccc(-c2nc(CSc3nnc(-c4ccccc4C)o3)co2)c(C)c1. The Hall–Kier alpha value is -2.86. The van der Waals surface area contributed by atoms with Crippen LogP contribution >= 0.6 is 11.8 Å². The summed E-state index contributed by atoms with van der Waals surface area (Å²) in [6, 6.07) is 14.2. The van der Waals surface area contributed by atoms with Gasteiger partial charge in [-0.3, -0.25) is 0 Å². The third-order valence-corrected chi connectivity index (χ3v) is 5.14. The largest absolute Gasteiger partial charge is 0.444 e. The number of nitrogens with zero attached hydrogens (tertiary/aromatic N) is 3. The summed E-state index contributed by atoms with van der Waals surface area (Å²) in [6.07, 6.45) is 1.68. The molecule has 0 bridgehead atoms. The molecule has 0 unspecified atom stereocenters. The monoisotopic (exact) mass is 377 g/mol. The summed E-state index contributed by atoms with van der Waals surface area (Å²) in [4.78, 5) is 4.59. The lowest BCUT2D eigenvalue weighted by atomic mass is 10.1. The Bertz CT molecular complexity index is 1080. The van der Waals surface area contributed by atoms with Gasteiger partial charge in [0.2, 0.25) is 11.8 Å². The molecule has 0 fully saturated rings. The van der Waals surface area contributed by atoms with Crippen LogP contribution in [0.5, 0.6) is 0 Å². The lowest BCUT2D eigenvalue weighted by Gasteiger charge is -2.02. The average molecular weight is 377 g/mol. The van der Waals surface area contributed by atoms with Crippen molar-refractivity contribution in [2.24, 2.45) is 0 Å². The molecule has 5 nitrogen and oxygen atoms in total. The minimum Gasteiger partial charge on any atom is -0.444 e. The van der Waals surface area contributed by atoms with Crippen molar-refractivity contribution in [1.82, 2.24) is 15.2 Å². The smallest absolute Gasteiger partial charge is 0.277 e. The molecular weight excluding hydrogens is 358 g/mol. The highest BCUT2D eigenvalue weighted by atomic mass is 32.2. The van der Waals surface area contributed by atoms with Crippen molar-refractivity contribution >= 4 is 11.8 Å². The normalized spacial score (nSPS) is 11.1. The maximum Gasteiger partial charge on any atom is 0.277 e. The molecule has 0 aliphatic heterocycles. The molecule has 0 aliphatic carbocycles. The van der Waals surface area contributed by atoms with Crippen LogP contribution in [-0.2, 0) is 5.75 Å². The van der Waals surface area contributed by atoms with E-state index in [9.17, 15) is 0 Å². The van der Waals surface area contributed by atoms with Gasteiger partial charge in [0, 0.05) is 16.9 Å². The summed E-state index contributed by atoms with van der Waals surface area (Å²) in [5.41, 5.74) is 6.28. The van der Waals surface area contributed by atoms with Crippen molar-refractivity contribution < 1.29 is 8.83 Å². The maximum absolute atomic E-state index is 5.78. The highest BCUT2D eigenvalue weighted by molar-refractivity contribution is 7.98. The predicted molar refractivity (Wildman–Crippen MR) is 105 cm³/mol. The van der Waals surface area contributed by atoms with Crippen molar-refractivity contribution in [3.63, 3.8) is 0 Å². The number of hydrogen-bond donors (Lipinski definition) is 0. The van der Waals surface area contributed by atoms with Gasteiger partial charge in [0.1, 0.15) is 6.26 Å². The third-order valence-electron chi connectivity index (χ3n) is 4.29. The Balaban J connectivity index is 1.46. The van der Waals surface area contributed by atoms with Crippen LogP contribution in [0.1, 0.15) is 22.4 Å². The summed E-state index contributed by atoms with van der Waals surface area (Å²) in [6.45, 7) is 6.16. The van der Waals surface area contributed by atoms with Gasteiger partial charge in [-0.05, 0) is 44.0 Å². The van der Waals surface area contributed by atoms with E-state index in [4.69, 9.17) is 8.83 Å². The molecule has 0 amide bonds. The van der Waals surface area contributed by atoms with E-state index < -0.39 is 0 Å². The molecule has 0 saturated carbocycles. The molecule has 4 aromatic rings. The van der Waals surface area contributed by atoms with Crippen molar-refractivity contribution in [2.45, 2.75) is 31.7 Å². The molecule has 2 heterocycles. The predicted octanol–water partition coefficient (Wildman–Crippen LogP) is 5.61. The van der Waals surface area contributed by atoms with Gasteiger partial charge >= 0.3 is 0 Å². The van der Waals surface area contributed by atoms with Gasteiger partial charge in [0.25, 0.3) is 5.22 Å². The number of aromatic nitrogens is 3. The van der Waals surface area contributed by atoms with Gasteiger partial charge in [-0.2, -0.15) is 0 Å². The van der Waals surface area contributed by atoms with E-state index in [2.05, 4.69) is 41.2 Å². The summed E-state index contributed by atoms with van der Waals surface area (Å²) in [7, 11) is 0. The molecule has 0 radical (unpaired) electrons. The quantitative estimate of drug-likeness (QED) is 0.421. The van der Waals surface area contributed by atoms with E-state index in [0.717, 1.165) is 27.9 Å². The molecule has 0 atom stereocenters. The first kappa shape index (κ1) is 17.5. The molecule has 0 aliphatic rings. The molecule has 136 valence electrons. The summed E-state index contributed by atoms with van der Waals surface area (Å²) < 4.78 is 11.4. The molecule has 0 spiro atoms. The summed E-state index contributed by atoms with van der Waals surface area (Å²) in [5, 5.41) is 8.79. The van der Waals surface area contributed by atoms with Crippen molar-refractivity contribution in [3.8, 4) is 22.9 Å². The number of benzene rings is 2. The van der Waals surface area contributed by atoms with Crippen LogP contribution in [0, 0.1) is 20.8 Å². The van der Waals surface area contributed by atoms with Gasteiger partial charge in [-0.1, -0.05) is 47.7 Å². The second-order valence-electron chi connectivity index (χ2n) is 6.44. The Morgan fingerprint density at radius 2 is 1.70 bits per heavy atom. The van der Waals surface area contributed by atoms with Gasteiger partial charge in [-0.25, -0.2) is 4.98 Å². The fourth-order valence-corrected chi connectivity index (χ4v) is 3.52. The average Bonchev–Trinajstić information content (AvgIpc) is 3.30. The number of rotatable bonds is 5. The Morgan fingerprint density at radius 3 is 2.52 bits per heavy atom. The molecule has 0 saturated heterocycles. The fraction of sp³-hybridized carbons (Fsp3) is 0.190. The van der Waals surface area contributed by atoms with Gasteiger partial charge in [0.15, 0.2) is 0 Å². The topological polar surface area (TPSA) is 65.0 Å².